The molecule has 1 fully saturated rings. The van der Waals surface area contributed by atoms with Gasteiger partial charge in [-0.2, -0.15) is 0 Å². The third kappa shape index (κ3) is 5.01. The highest BCUT2D eigenvalue weighted by atomic mass is 16.6. The molecular weight excluding hydrogens is 342 g/mol. The lowest BCUT2D eigenvalue weighted by atomic mass is 10.00. The van der Waals surface area contributed by atoms with Crippen molar-refractivity contribution in [3.05, 3.63) is 75.8 Å². The number of piperidine rings is 1. The summed E-state index contributed by atoms with van der Waals surface area (Å²) in [6.45, 7) is 1.92. The Labute approximate surface area is 158 Å². The van der Waals surface area contributed by atoms with Gasteiger partial charge in [-0.25, -0.2) is 0 Å². The highest BCUT2D eigenvalue weighted by Crippen LogP contribution is 2.22. The van der Waals surface area contributed by atoms with Crippen molar-refractivity contribution in [1.82, 2.24) is 10.2 Å². The van der Waals surface area contributed by atoms with Gasteiger partial charge in [0.15, 0.2) is 0 Å². The second-order valence-electron chi connectivity index (χ2n) is 6.83. The number of benzene rings is 2. The van der Waals surface area contributed by atoms with Crippen molar-refractivity contribution in [1.29, 1.82) is 0 Å². The molecule has 6 nitrogen and oxygen atoms in total. The topological polar surface area (TPSA) is 75.5 Å². The maximum atomic E-state index is 13.0. The van der Waals surface area contributed by atoms with E-state index in [-0.39, 0.29) is 17.6 Å². The Morgan fingerprint density at radius 3 is 2.52 bits per heavy atom. The molecule has 1 N–H and O–H groups in total. The number of nitro groups is 1. The zero-order valence-corrected chi connectivity index (χ0v) is 15.3. The van der Waals surface area contributed by atoms with Crippen LogP contribution in [0.25, 0.3) is 11.6 Å². The molecule has 0 saturated carbocycles. The predicted molar refractivity (Wildman–Crippen MR) is 106 cm³/mol. The Bertz CT molecular complexity index is 841. The van der Waals surface area contributed by atoms with Crippen LogP contribution in [0.2, 0.25) is 0 Å². The lowest BCUT2D eigenvalue weighted by molar-refractivity contribution is -0.384. The van der Waals surface area contributed by atoms with E-state index in [4.69, 9.17) is 0 Å². The molecule has 27 heavy (non-hydrogen) atoms. The van der Waals surface area contributed by atoms with Crippen molar-refractivity contribution in [2.75, 3.05) is 20.1 Å². The maximum Gasteiger partial charge on any atom is 0.270 e. The number of carbonyl (C=O) groups is 1. The molecule has 1 saturated heterocycles. The van der Waals surface area contributed by atoms with Gasteiger partial charge in [-0.15, -0.1) is 0 Å². The van der Waals surface area contributed by atoms with E-state index < -0.39 is 4.92 Å². The maximum absolute atomic E-state index is 13.0. The lowest BCUT2D eigenvalue weighted by Gasteiger charge is -2.29. The summed E-state index contributed by atoms with van der Waals surface area (Å²) >= 11 is 0. The SMILES string of the molecule is CN1CCC(NC(=O)/C(=C/c2cccc([N+](=O)[O-])c2)c2ccccc2)CC1. The summed E-state index contributed by atoms with van der Waals surface area (Å²) in [5.41, 5.74) is 1.93. The van der Waals surface area contributed by atoms with Gasteiger partial charge in [0.25, 0.3) is 11.6 Å². The lowest BCUT2D eigenvalue weighted by Crippen LogP contribution is -2.43. The fourth-order valence-corrected chi connectivity index (χ4v) is 3.21. The minimum Gasteiger partial charge on any atom is -0.349 e. The van der Waals surface area contributed by atoms with Crippen LogP contribution in [0.1, 0.15) is 24.0 Å². The molecular formula is C21H23N3O3. The van der Waals surface area contributed by atoms with Crippen molar-refractivity contribution >= 4 is 23.2 Å². The second kappa shape index (κ2) is 8.60. The van der Waals surface area contributed by atoms with Gasteiger partial charge in [-0.05, 0) is 50.2 Å². The standard InChI is InChI=1S/C21H23N3O3/c1-23-12-10-18(11-13-23)22-21(25)20(17-7-3-2-4-8-17)15-16-6-5-9-19(14-16)24(26)27/h2-9,14-15,18H,10-13H2,1H3,(H,22,25)/b20-15+. The second-order valence-corrected chi connectivity index (χ2v) is 6.83. The molecule has 0 radical (unpaired) electrons. The van der Waals surface area contributed by atoms with E-state index in [2.05, 4.69) is 17.3 Å². The zero-order chi connectivity index (χ0) is 19.2. The van der Waals surface area contributed by atoms with Crippen LogP contribution in [-0.4, -0.2) is 41.9 Å². The monoisotopic (exact) mass is 365 g/mol. The Kier molecular flexibility index (Phi) is 5.98. The Hall–Kier alpha value is -2.99. The van der Waals surface area contributed by atoms with Gasteiger partial charge in [0.2, 0.25) is 0 Å². The van der Waals surface area contributed by atoms with Gasteiger partial charge in [0, 0.05) is 23.7 Å². The van der Waals surface area contributed by atoms with E-state index in [1.54, 1.807) is 18.2 Å². The fraction of sp³-hybridized carbons (Fsp3) is 0.286. The van der Waals surface area contributed by atoms with Gasteiger partial charge >= 0.3 is 0 Å². The predicted octanol–water partition coefficient (Wildman–Crippen LogP) is 3.35. The van der Waals surface area contributed by atoms with E-state index in [1.807, 2.05) is 30.3 Å². The quantitative estimate of drug-likeness (QED) is 0.382. The van der Waals surface area contributed by atoms with Gasteiger partial charge in [-0.3, -0.25) is 14.9 Å². The highest BCUT2D eigenvalue weighted by Gasteiger charge is 2.21. The Morgan fingerprint density at radius 2 is 1.85 bits per heavy atom. The molecule has 0 unspecified atom stereocenters. The largest absolute Gasteiger partial charge is 0.349 e. The number of nitrogens with one attached hydrogen (secondary N) is 1. The van der Waals surface area contributed by atoms with E-state index in [0.717, 1.165) is 31.5 Å². The zero-order valence-electron chi connectivity index (χ0n) is 15.3. The molecule has 1 aliphatic heterocycles. The molecule has 1 aliphatic rings. The number of likely N-dealkylation sites (tertiary alicyclic amines) is 1. The summed E-state index contributed by atoms with van der Waals surface area (Å²) in [7, 11) is 2.08. The minimum absolute atomic E-state index is 0.00638. The number of hydrogen-bond donors (Lipinski definition) is 1. The number of non-ortho nitro benzene ring substituents is 1. The molecule has 1 heterocycles. The fourth-order valence-electron chi connectivity index (χ4n) is 3.21. The van der Waals surface area contributed by atoms with Crippen LogP contribution < -0.4 is 5.32 Å². The number of amides is 1. The van der Waals surface area contributed by atoms with Crippen LogP contribution in [0, 0.1) is 10.1 Å². The molecule has 0 aromatic heterocycles. The van der Waals surface area contributed by atoms with Crippen LogP contribution in [0.4, 0.5) is 5.69 Å². The summed E-state index contributed by atoms with van der Waals surface area (Å²) < 4.78 is 0. The van der Waals surface area contributed by atoms with Gasteiger partial charge < -0.3 is 10.2 Å². The van der Waals surface area contributed by atoms with Crippen molar-refractivity contribution < 1.29 is 9.72 Å². The van der Waals surface area contributed by atoms with E-state index in [9.17, 15) is 14.9 Å². The summed E-state index contributed by atoms with van der Waals surface area (Å²) in [5, 5.41) is 14.2. The molecule has 2 aromatic carbocycles. The van der Waals surface area contributed by atoms with E-state index in [1.165, 1.54) is 12.1 Å². The minimum atomic E-state index is -0.432. The number of hydrogen-bond acceptors (Lipinski definition) is 4. The third-order valence-electron chi connectivity index (χ3n) is 4.78. The van der Waals surface area contributed by atoms with Crippen LogP contribution in [0.5, 0.6) is 0 Å². The van der Waals surface area contributed by atoms with E-state index in [0.29, 0.717) is 11.1 Å². The van der Waals surface area contributed by atoms with Crippen molar-refractivity contribution in [3.8, 4) is 0 Å². The molecule has 0 bridgehead atoms. The Balaban J connectivity index is 1.88. The smallest absolute Gasteiger partial charge is 0.270 e. The molecule has 6 heteroatoms. The molecule has 1 amide bonds. The molecule has 0 spiro atoms. The van der Waals surface area contributed by atoms with Crippen molar-refractivity contribution in [2.24, 2.45) is 0 Å². The first-order valence-corrected chi connectivity index (χ1v) is 9.04. The Morgan fingerprint density at radius 1 is 1.15 bits per heavy atom. The first-order valence-electron chi connectivity index (χ1n) is 9.04. The molecule has 2 aromatic rings. The van der Waals surface area contributed by atoms with Crippen LogP contribution >= 0.6 is 0 Å². The molecule has 0 aliphatic carbocycles. The van der Waals surface area contributed by atoms with Gasteiger partial charge in [0.1, 0.15) is 0 Å². The summed E-state index contributed by atoms with van der Waals surface area (Å²) in [6, 6.07) is 15.8. The van der Waals surface area contributed by atoms with Gasteiger partial charge in [-0.1, -0.05) is 42.5 Å². The van der Waals surface area contributed by atoms with Crippen molar-refractivity contribution in [3.63, 3.8) is 0 Å². The average molecular weight is 365 g/mol. The summed E-state index contributed by atoms with van der Waals surface area (Å²) in [4.78, 5) is 25.8. The summed E-state index contributed by atoms with van der Waals surface area (Å²) in [5.74, 6) is -0.151. The normalized spacial score (nSPS) is 16.1. The number of carbonyl (C=O) groups excluding carboxylic acids is 1. The average Bonchev–Trinajstić information content (AvgIpc) is 2.68. The number of rotatable bonds is 5. The van der Waals surface area contributed by atoms with E-state index >= 15 is 0 Å². The number of nitro benzene ring substituents is 1. The number of nitrogens with zero attached hydrogens (tertiary/aromatic N) is 2. The highest BCUT2D eigenvalue weighted by molar-refractivity contribution is 6.24. The van der Waals surface area contributed by atoms with Crippen LogP contribution in [0.3, 0.4) is 0 Å². The third-order valence-corrected chi connectivity index (χ3v) is 4.78. The van der Waals surface area contributed by atoms with Crippen molar-refractivity contribution in [2.45, 2.75) is 18.9 Å². The van der Waals surface area contributed by atoms with Crippen LogP contribution in [0.15, 0.2) is 54.6 Å². The van der Waals surface area contributed by atoms with Gasteiger partial charge in [0.05, 0.1) is 4.92 Å². The first kappa shape index (κ1) is 18.8. The first-order chi connectivity index (χ1) is 13.0. The molecule has 140 valence electrons. The van der Waals surface area contributed by atoms with Crippen LogP contribution in [-0.2, 0) is 4.79 Å². The molecule has 3 rings (SSSR count). The summed E-state index contributed by atoms with van der Waals surface area (Å²) in [6.07, 6.45) is 3.55. The molecule has 0 atom stereocenters.